The van der Waals surface area contributed by atoms with Crippen LogP contribution < -0.4 is 4.90 Å². The second-order valence-electron chi connectivity index (χ2n) is 9.18. The number of piperidine rings is 1. The molecule has 1 aromatic carbocycles. The van der Waals surface area contributed by atoms with Crippen molar-refractivity contribution in [1.82, 2.24) is 14.8 Å². The molecule has 1 fully saturated rings. The zero-order valence-corrected chi connectivity index (χ0v) is 18.3. The molecule has 1 aromatic heterocycles. The first kappa shape index (κ1) is 21.3. The summed E-state index contributed by atoms with van der Waals surface area (Å²) in [6, 6.07) is 10.9. The van der Waals surface area contributed by atoms with Gasteiger partial charge in [-0.25, -0.2) is 9.18 Å². The van der Waals surface area contributed by atoms with E-state index in [9.17, 15) is 9.18 Å². The Bertz CT molecular complexity index is 1020. The van der Waals surface area contributed by atoms with E-state index in [-0.39, 0.29) is 17.0 Å². The van der Waals surface area contributed by atoms with Gasteiger partial charge in [-0.2, -0.15) is 5.26 Å². The lowest BCUT2D eigenvalue weighted by Gasteiger charge is -2.38. The van der Waals surface area contributed by atoms with Crippen molar-refractivity contribution in [2.45, 2.75) is 44.7 Å². The van der Waals surface area contributed by atoms with Gasteiger partial charge in [0, 0.05) is 43.8 Å². The first-order valence-corrected chi connectivity index (χ1v) is 10.7. The van der Waals surface area contributed by atoms with E-state index in [4.69, 9.17) is 5.26 Å². The Morgan fingerprint density at radius 1 is 1.32 bits per heavy atom. The Morgan fingerprint density at radius 2 is 2.06 bits per heavy atom. The molecule has 4 rings (SSSR count). The summed E-state index contributed by atoms with van der Waals surface area (Å²) in [6.07, 6.45) is 3.53. The molecule has 0 saturated carbocycles. The Kier molecular flexibility index (Phi) is 5.67. The van der Waals surface area contributed by atoms with E-state index in [2.05, 4.69) is 23.7 Å². The topological polar surface area (TPSA) is 63.5 Å². The number of pyridine rings is 1. The van der Waals surface area contributed by atoms with Crippen LogP contribution in [-0.2, 0) is 12.0 Å². The highest BCUT2D eigenvalue weighted by molar-refractivity contribution is 5.94. The molecule has 6 nitrogen and oxygen atoms in total. The van der Waals surface area contributed by atoms with Crippen molar-refractivity contribution in [2.75, 3.05) is 31.6 Å². The van der Waals surface area contributed by atoms with E-state index in [1.54, 1.807) is 12.3 Å². The van der Waals surface area contributed by atoms with Crippen LogP contribution >= 0.6 is 0 Å². The summed E-state index contributed by atoms with van der Waals surface area (Å²) in [5.41, 5.74) is 2.66. The summed E-state index contributed by atoms with van der Waals surface area (Å²) in [5.74, 6) is -0.475. The second kappa shape index (κ2) is 8.27. The van der Waals surface area contributed by atoms with Crippen molar-refractivity contribution >= 4 is 11.7 Å². The molecule has 7 heteroatoms. The van der Waals surface area contributed by atoms with Crippen LogP contribution in [0.25, 0.3) is 0 Å². The number of nitriles is 1. The summed E-state index contributed by atoms with van der Waals surface area (Å²) >= 11 is 0. The maximum absolute atomic E-state index is 13.9. The molecule has 0 N–H and O–H groups in total. The highest BCUT2D eigenvalue weighted by Gasteiger charge is 2.41. The van der Waals surface area contributed by atoms with Gasteiger partial charge in [0.1, 0.15) is 11.9 Å². The standard InChI is InChI=1S/C24H28FN5O/c1-24(2)16-30(21-5-4-10-27-22(21)24)23(31)29-11-8-19(9-12-29)28(3)15-17-6-7-18(14-26)20(25)13-17/h4-7,10,13,19H,8-9,11-12,15-16H2,1-3H3. The van der Waals surface area contributed by atoms with Gasteiger partial charge in [-0.15, -0.1) is 0 Å². The largest absolute Gasteiger partial charge is 0.324 e. The summed E-state index contributed by atoms with van der Waals surface area (Å²) in [5, 5.41) is 8.89. The SMILES string of the molecule is CN(Cc1ccc(C#N)c(F)c1)C1CCN(C(=O)N2CC(C)(C)c3ncccc32)CC1. The van der Waals surface area contributed by atoms with Gasteiger partial charge in [0.05, 0.1) is 16.9 Å². The average molecular weight is 422 g/mol. The number of likely N-dealkylation sites (tertiary alicyclic amines) is 1. The van der Waals surface area contributed by atoms with E-state index in [0.29, 0.717) is 32.2 Å². The van der Waals surface area contributed by atoms with Gasteiger partial charge in [0.15, 0.2) is 0 Å². The quantitative estimate of drug-likeness (QED) is 0.754. The maximum atomic E-state index is 13.9. The predicted octanol–water partition coefficient (Wildman–Crippen LogP) is 3.91. The molecule has 1 saturated heterocycles. The number of aromatic nitrogens is 1. The molecule has 31 heavy (non-hydrogen) atoms. The van der Waals surface area contributed by atoms with Gasteiger partial charge in [0.2, 0.25) is 0 Å². The number of carbonyl (C=O) groups excluding carboxylic acids is 1. The van der Waals surface area contributed by atoms with Gasteiger partial charge in [-0.05, 0) is 49.7 Å². The van der Waals surface area contributed by atoms with Crippen LogP contribution in [0.5, 0.6) is 0 Å². The fourth-order valence-corrected chi connectivity index (χ4v) is 4.70. The fourth-order valence-electron chi connectivity index (χ4n) is 4.70. The molecular weight excluding hydrogens is 393 g/mol. The second-order valence-corrected chi connectivity index (χ2v) is 9.18. The van der Waals surface area contributed by atoms with Crippen LogP contribution in [0.1, 0.15) is 43.5 Å². The number of benzene rings is 1. The van der Waals surface area contributed by atoms with E-state index in [1.807, 2.05) is 35.0 Å². The van der Waals surface area contributed by atoms with Crippen LogP contribution in [0, 0.1) is 17.1 Å². The minimum Gasteiger partial charge on any atom is -0.324 e. The highest BCUT2D eigenvalue weighted by Crippen LogP contribution is 2.39. The maximum Gasteiger partial charge on any atom is 0.324 e. The van der Waals surface area contributed by atoms with Crippen LogP contribution in [0.3, 0.4) is 0 Å². The lowest BCUT2D eigenvalue weighted by Crippen LogP contribution is -2.50. The fraction of sp³-hybridized carbons (Fsp3) is 0.458. The smallest absolute Gasteiger partial charge is 0.324 e. The first-order valence-electron chi connectivity index (χ1n) is 10.7. The summed E-state index contributed by atoms with van der Waals surface area (Å²) in [7, 11) is 2.03. The number of hydrogen-bond acceptors (Lipinski definition) is 4. The third-order valence-corrected chi connectivity index (χ3v) is 6.45. The Balaban J connectivity index is 1.36. The number of carbonyl (C=O) groups is 1. The van der Waals surface area contributed by atoms with Gasteiger partial charge in [-0.3, -0.25) is 14.8 Å². The number of halogens is 1. The molecule has 0 bridgehead atoms. The third kappa shape index (κ3) is 4.13. The molecule has 0 radical (unpaired) electrons. The Labute approximate surface area is 182 Å². The monoisotopic (exact) mass is 421 g/mol. The molecule has 2 aromatic rings. The number of rotatable bonds is 3. The molecule has 0 atom stereocenters. The van der Waals surface area contributed by atoms with Gasteiger partial charge in [-0.1, -0.05) is 19.9 Å². The molecule has 162 valence electrons. The van der Waals surface area contributed by atoms with Crippen LogP contribution in [-0.4, -0.2) is 53.5 Å². The molecule has 2 aliphatic rings. The zero-order valence-electron chi connectivity index (χ0n) is 18.3. The van der Waals surface area contributed by atoms with Crippen molar-refractivity contribution in [3.63, 3.8) is 0 Å². The molecule has 2 aliphatic heterocycles. The molecule has 0 aliphatic carbocycles. The van der Waals surface area contributed by atoms with E-state index >= 15 is 0 Å². The zero-order chi connectivity index (χ0) is 22.2. The van der Waals surface area contributed by atoms with Gasteiger partial charge in [0.25, 0.3) is 0 Å². The number of hydrogen-bond donors (Lipinski definition) is 0. The van der Waals surface area contributed by atoms with Crippen molar-refractivity contribution < 1.29 is 9.18 Å². The van der Waals surface area contributed by atoms with Crippen molar-refractivity contribution in [3.8, 4) is 6.07 Å². The minimum absolute atomic E-state index is 0.0510. The van der Waals surface area contributed by atoms with Crippen molar-refractivity contribution in [3.05, 3.63) is 59.2 Å². The number of nitrogens with zero attached hydrogens (tertiary/aromatic N) is 5. The molecule has 2 amide bonds. The first-order chi connectivity index (χ1) is 14.8. The minimum atomic E-state index is -0.475. The normalized spacial score (nSPS) is 18.2. The summed E-state index contributed by atoms with van der Waals surface area (Å²) in [4.78, 5) is 23.8. The van der Waals surface area contributed by atoms with Crippen LogP contribution in [0.2, 0.25) is 0 Å². The molecular formula is C24H28FN5O. The number of urea groups is 1. The van der Waals surface area contributed by atoms with E-state index in [0.717, 1.165) is 29.8 Å². The predicted molar refractivity (Wildman–Crippen MR) is 117 cm³/mol. The lowest BCUT2D eigenvalue weighted by atomic mass is 9.91. The average Bonchev–Trinajstić information content (AvgIpc) is 3.04. The van der Waals surface area contributed by atoms with Gasteiger partial charge < -0.3 is 4.90 Å². The number of amides is 2. The van der Waals surface area contributed by atoms with E-state index < -0.39 is 5.82 Å². The third-order valence-electron chi connectivity index (χ3n) is 6.45. The Morgan fingerprint density at radius 3 is 2.74 bits per heavy atom. The Hall–Kier alpha value is -2.98. The summed E-state index contributed by atoms with van der Waals surface area (Å²) in [6.45, 7) is 6.89. The van der Waals surface area contributed by atoms with Crippen LogP contribution in [0.15, 0.2) is 36.5 Å². The number of fused-ring (bicyclic) bond motifs is 1. The number of anilines is 1. The van der Waals surface area contributed by atoms with Crippen molar-refractivity contribution in [1.29, 1.82) is 5.26 Å². The van der Waals surface area contributed by atoms with Crippen molar-refractivity contribution in [2.24, 2.45) is 0 Å². The summed E-state index contributed by atoms with van der Waals surface area (Å²) < 4.78 is 13.9. The highest BCUT2D eigenvalue weighted by atomic mass is 19.1. The molecule has 0 unspecified atom stereocenters. The molecule has 3 heterocycles. The lowest BCUT2D eigenvalue weighted by molar-refractivity contribution is 0.133. The van der Waals surface area contributed by atoms with E-state index in [1.165, 1.54) is 12.1 Å². The molecule has 0 spiro atoms. The van der Waals surface area contributed by atoms with Crippen LogP contribution in [0.4, 0.5) is 14.9 Å². The van der Waals surface area contributed by atoms with Gasteiger partial charge >= 0.3 is 6.03 Å².